The van der Waals surface area contributed by atoms with Crippen molar-refractivity contribution in [3.8, 4) is 0 Å². The molecule has 0 atom stereocenters. The maximum absolute atomic E-state index is 5.33. The first kappa shape index (κ1) is 10.7. The van der Waals surface area contributed by atoms with Gasteiger partial charge >= 0.3 is 0 Å². The van der Waals surface area contributed by atoms with Crippen molar-refractivity contribution in [2.75, 3.05) is 26.8 Å². The minimum Gasteiger partial charge on any atom is -0.381 e. The second kappa shape index (κ2) is 6.17. The Labute approximate surface area is 81.4 Å². The summed E-state index contributed by atoms with van der Waals surface area (Å²) in [5.41, 5.74) is 1.54. The molecule has 2 nitrogen and oxygen atoms in total. The first-order chi connectivity index (χ1) is 6.36. The third kappa shape index (κ3) is 3.92. The Morgan fingerprint density at radius 3 is 2.69 bits per heavy atom. The standard InChI is InChI=1S/C11H21NO/c1-3-10(9-12-2)8-11-4-6-13-7-5-11/h8,11-12H,3-7,9H2,1-2H3. The zero-order valence-electron chi connectivity index (χ0n) is 8.81. The molecule has 1 fully saturated rings. The van der Waals surface area contributed by atoms with Gasteiger partial charge in [-0.1, -0.05) is 18.6 Å². The van der Waals surface area contributed by atoms with Crippen LogP contribution in [0, 0.1) is 5.92 Å². The molecule has 2 heteroatoms. The van der Waals surface area contributed by atoms with Gasteiger partial charge in [-0.3, -0.25) is 0 Å². The predicted molar refractivity (Wildman–Crippen MR) is 55.8 cm³/mol. The summed E-state index contributed by atoms with van der Waals surface area (Å²) in [5, 5.41) is 3.21. The Balaban J connectivity index is 2.39. The fraction of sp³-hybridized carbons (Fsp3) is 0.818. The van der Waals surface area contributed by atoms with E-state index in [9.17, 15) is 0 Å². The van der Waals surface area contributed by atoms with Gasteiger partial charge in [0, 0.05) is 19.8 Å². The van der Waals surface area contributed by atoms with Gasteiger partial charge in [0.1, 0.15) is 0 Å². The number of hydrogen-bond donors (Lipinski definition) is 1. The molecule has 0 radical (unpaired) electrons. The van der Waals surface area contributed by atoms with Crippen molar-refractivity contribution in [3.05, 3.63) is 11.6 Å². The minimum atomic E-state index is 0.761. The normalized spacial score (nSPS) is 20.6. The van der Waals surface area contributed by atoms with Gasteiger partial charge in [-0.25, -0.2) is 0 Å². The molecule has 0 amide bonds. The number of allylic oxidation sites excluding steroid dienone is 1. The second-order valence-electron chi connectivity index (χ2n) is 3.66. The Bertz CT molecular complexity index is 159. The van der Waals surface area contributed by atoms with E-state index in [0.717, 1.165) is 32.1 Å². The van der Waals surface area contributed by atoms with E-state index in [-0.39, 0.29) is 0 Å². The highest BCUT2D eigenvalue weighted by molar-refractivity contribution is 5.06. The molecule has 0 spiro atoms. The lowest BCUT2D eigenvalue weighted by atomic mass is 9.96. The van der Waals surface area contributed by atoms with E-state index < -0.39 is 0 Å². The Kier molecular flexibility index (Phi) is 5.09. The molecular formula is C11H21NO. The summed E-state index contributed by atoms with van der Waals surface area (Å²) in [6.45, 7) is 5.14. The number of nitrogens with one attached hydrogen (secondary N) is 1. The summed E-state index contributed by atoms with van der Waals surface area (Å²) in [6.07, 6.45) is 6.01. The van der Waals surface area contributed by atoms with Gasteiger partial charge in [0.25, 0.3) is 0 Å². The first-order valence-corrected chi connectivity index (χ1v) is 5.28. The summed E-state index contributed by atoms with van der Waals surface area (Å²) in [4.78, 5) is 0. The number of hydrogen-bond acceptors (Lipinski definition) is 2. The van der Waals surface area contributed by atoms with Crippen LogP contribution < -0.4 is 5.32 Å². The molecule has 1 aliphatic heterocycles. The summed E-state index contributed by atoms with van der Waals surface area (Å²) in [7, 11) is 2.01. The molecule has 76 valence electrons. The van der Waals surface area contributed by atoms with E-state index in [4.69, 9.17) is 4.74 Å². The lowest BCUT2D eigenvalue weighted by Gasteiger charge is -2.20. The van der Waals surface area contributed by atoms with Crippen LogP contribution in [-0.4, -0.2) is 26.8 Å². The van der Waals surface area contributed by atoms with E-state index in [1.54, 1.807) is 0 Å². The topological polar surface area (TPSA) is 21.3 Å². The van der Waals surface area contributed by atoms with Gasteiger partial charge < -0.3 is 10.1 Å². The minimum absolute atomic E-state index is 0.761. The van der Waals surface area contributed by atoms with E-state index in [1.807, 2.05) is 7.05 Å². The zero-order valence-corrected chi connectivity index (χ0v) is 8.81. The highest BCUT2D eigenvalue weighted by Gasteiger charge is 2.11. The van der Waals surface area contributed by atoms with Crippen molar-refractivity contribution in [1.82, 2.24) is 5.32 Å². The highest BCUT2D eigenvalue weighted by atomic mass is 16.5. The van der Waals surface area contributed by atoms with Crippen molar-refractivity contribution in [3.63, 3.8) is 0 Å². The molecule has 1 aliphatic rings. The van der Waals surface area contributed by atoms with Crippen LogP contribution >= 0.6 is 0 Å². The number of likely N-dealkylation sites (N-methyl/N-ethyl adjacent to an activating group) is 1. The number of ether oxygens (including phenoxy) is 1. The molecule has 13 heavy (non-hydrogen) atoms. The average Bonchev–Trinajstić information content (AvgIpc) is 2.19. The van der Waals surface area contributed by atoms with E-state index in [0.29, 0.717) is 0 Å². The Morgan fingerprint density at radius 1 is 1.46 bits per heavy atom. The molecule has 1 rings (SSSR count). The largest absolute Gasteiger partial charge is 0.381 e. The summed E-state index contributed by atoms with van der Waals surface area (Å²) in [6, 6.07) is 0. The van der Waals surface area contributed by atoms with Gasteiger partial charge in [0.15, 0.2) is 0 Å². The van der Waals surface area contributed by atoms with Crippen molar-refractivity contribution < 1.29 is 4.74 Å². The second-order valence-corrected chi connectivity index (χ2v) is 3.66. The third-order valence-electron chi connectivity index (χ3n) is 2.60. The van der Waals surface area contributed by atoms with Crippen molar-refractivity contribution >= 4 is 0 Å². The molecule has 1 heterocycles. The van der Waals surface area contributed by atoms with Crippen LogP contribution in [-0.2, 0) is 4.74 Å². The van der Waals surface area contributed by atoms with Gasteiger partial charge in [-0.05, 0) is 32.2 Å². The van der Waals surface area contributed by atoms with Crippen LogP contribution in [0.25, 0.3) is 0 Å². The van der Waals surface area contributed by atoms with Gasteiger partial charge in [-0.15, -0.1) is 0 Å². The molecule has 0 aromatic carbocycles. The number of rotatable bonds is 4. The maximum atomic E-state index is 5.33. The molecule has 0 aromatic heterocycles. The molecule has 0 saturated carbocycles. The van der Waals surface area contributed by atoms with Crippen molar-refractivity contribution in [2.24, 2.45) is 5.92 Å². The van der Waals surface area contributed by atoms with Crippen LogP contribution in [0.2, 0.25) is 0 Å². The highest BCUT2D eigenvalue weighted by Crippen LogP contribution is 2.18. The molecule has 0 aromatic rings. The van der Waals surface area contributed by atoms with Gasteiger partial charge in [0.2, 0.25) is 0 Å². The molecule has 1 N–H and O–H groups in total. The average molecular weight is 183 g/mol. The van der Waals surface area contributed by atoms with Crippen molar-refractivity contribution in [2.45, 2.75) is 26.2 Å². The Hall–Kier alpha value is -0.340. The van der Waals surface area contributed by atoms with Crippen molar-refractivity contribution in [1.29, 1.82) is 0 Å². The maximum Gasteiger partial charge on any atom is 0.0471 e. The van der Waals surface area contributed by atoms with Gasteiger partial charge in [0.05, 0.1) is 0 Å². The van der Waals surface area contributed by atoms with E-state index >= 15 is 0 Å². The smallest absolute Gasteiger partial charge is 0.0471 e. The predicted octanol–water partition coefficient (Wildman–Crippen LogP) is 1.97. The molecular weight excluding hydrogens is 162 g/mol. The summed E-state index contributed by atoms with van der Waals surface area (Å²) >= 11 is 0. The van der Waals surface area contributed by atoms with Crippen LogP contribution in [0.4, 0.5) is 0 Å². The van der Waals surface area contributed by atoms with Crippen LogP contribution in [0.1, 0.15) is 26.2 Å². The fourth-order valence-electron chi connectivity index (χ4n) is 1.74. The lowest BCUT2D eigenvalue weighted by molar-refractivity contribution is 0.0783. The summed E-state index contributed by atoms with van der Waals surface area (Å²) in [5.74, 6) is 0.761. The fourth-order valence-corrected chi connectivity index (χ4v) is 1.74. The van der Waals surface area contributed by atoms with Crippen LogP contribution in [0.15, 0.2) is 11.6 Å². The Morgan fingerprint density at radius 2 is 2.15 bits per heavy atom. The molecule has 0 unspecified atom stereocenters. The summed E-state index contributed by atoms with van der Waals surface area (Å²) < 4.78 is 5.33. The zero-order chi connectivity index (χ0) is 9.52. The van der Waals surface area contributed by atoms with Crippen LogP contribution in [0.3, 0.4) is 0 Å². The third-order valence-corrected chi connectivity index (χ3v) is 2.60. The molecule has 0 aliphatic carbocycles. The first-order valence-electron chi connectivity index (χ1n) is 5.28. The monoisotopic (exact) mass is 183 g/mol. The molecule has 1 saturated heterocycles. The molecule has 0 bridgehead atoms. The van der Waals surface area contributed by atoms with E-state index in [1.165, 1.54) is 18.4 Å². The quantitative estimate of drug-likeness (QED) is 0.673. The lowest BCUT2D eigenvalue weighted by Crippen LogP contribution is -2.16. The van der Waals surface area contributed by atoms with Crippen LogP contribution in [0.5, 0.6) is 0 Å². The van der Waals surface area contributed by atoms with E-state index in [2.05, 4.69) is 18.3 Å². The van der Waals surface area contributed by atoms with Gasteiger partial charge in [-0.2, -0.15) is 0 Å². The SMILES string of the molecule is CCC(=CC1CCOCC1)CNC.